The third-order valence-electron chi connectivity index (χ3n) is 2.48. The van der Waals surface area contributed by atoms with Gasteiger partial charge in [0.1, 0.15) is 11.2 Å². The zero-order valence-electron chi connectivity index (χ0n) is 9.86. The highest BCUT2D eigenvalue weighted by atomic mass is 32.1. The summed E-state index contributed by atoms with van der Waals surface area (Å²) >= 11 is 2.88. The molecule has 0 aliphatic heterocycles. The lowest BCUT2D eigenvalue weighted by molar-refractivity contribution is -0.389. The third-order valence-corrected chi connectivity index (χ3v) is 4.21. The number of anilines is 1. The van der Waals surface area contributed by atoms with Crippen molar-refractivity contribution >= 4 is 39.3 Å². The molecule has 9 heteroatoms. The lowest BCUT2D eigenvalue weighted by atomic mass is 10.5. The molecular formula is C10H9N5O2S2. The average molecular weight is 295 g/mol. The first-order valence-corrected chi connectivity index (χ1v) is 7.16. The lowest BCUT2D eigenvalue weighted by Gasteiger charge is -2.00. The van der Waals surface area contributed by atoms with Crippen LogP contribution in [0, 0.1) is 17.0 Å². The molecule has 7 nitrogen and oxygen atoms in total. The van der Waals surface area contributed by atoms with E-state index in [-0.39, 0.29) is 11.6 Å². The number of hydrogen-bond acceptors (Lipinski definition) is 7. The Bertz CT molecular complexity index is 744. The van der Waals surface area contributed by atoms with Crippen LogP contribution in [0.15, 0.2) is 17.0 Å². The van der Waals surface area contributed by atoms with Crippen molar-refractivity contribution in [2.45, 2.75) is 13.5 Å². The monoisotopic (exact) mass is 295 g/mol. The maximum absolute atomic E-state index is 11.1. The van der Waals surface area contributed by atoms with Crippen LogP contribution < -0.4 is 5.32 Å². The van der Waals surface area contributed by atoms with Crippen LogP contribution in [-0.4, -0.2) is 19.3 Å². The van der Waals surface area contributed by atoms with Gasteiger partial charge in [0.15, 0.2) is 0 Å². The molecule has 0 atom stereocenters. The number of thiazole rings is 2. The van der Waals surface area contributed by atoms with Crippen molar-refractivity contribution < 1.29 is 4.92 Å². The molecule has 0 amide bonds. The summed E-state index contributed by atoms with van der Waals surface area (Å²) in [4.78, 5) is 19.8. The minimum absolute atomic E-state index is 0.0375. The van der Waals surface area contributed by atoms with E-state index < -0.39 is 4.92 Å². The fourth-order valence-electron chi connectivity index (χ4n) is 1.71. The Hall–Kier alpha value is -2.00. The van der Waals surface area contributed by atoms with Crippen LogP contribution in [0.1, 0.15) is 10.7 Å². The molecule has 98 valence electrons. The third kappa shape index (κ3) is 2.17. The molecule has 3 aromatic heterocycles. The fourth-order valence-corrected chi connectivity index (χ4v) is 3.13. The highest BCUT2D eigenvalue weighted by Crippen LogP contribution is 2.28. The molecule has 3 aromatic rings. The van der Waals surface area contributed by atoms with Gasteiger partial charge < -0.3 is 15.4 Å². The quantitative estimate of drug-likeness (QED) is 0.591. The number of aromatic nitrogens is 3. The van der Waals surface area contributed by atoms with E-state index in [1.165, 1.54) is 27.1 Å². The number of rotatable bonds is 4. The van der Waals surface area contributed by atoms with Crippen LogP contribution in [0.4, 0.5) is 11.6 Å². The Morgan fingerprint density at radius 1 is 1.47 bits per heavy atom. The summed E-state index contributed by atoms with van der Waals surface area (Å²) in [6.45, 7) is 2.35. The molecule has 0 spiro atoms. The summed E-state index contributed by atoms with van der Waals surface area (Å²) in [6, 6.07) is 0. The van der Waals surface area contributed by atoms with Gasteiger partial charge in [0.2, 0.25) is 5.82 Å². The number of imidazole rings is 1. The van der Waals surface area contributed by atoms with Gasteiger partial charge in [-0.1, -0.05) is 11.3 Å². The van der Waals surface area contributed by atoms with E-state index in [1.54, 1.807) is 11.6 Å². The number of aryl methyl sites for hydroxylation is 1. The second-order valence-corrected chi connectivity index (χ2v) is 5.65. The molecule has 0 saturated carbocycles. The van der Waals surface area contributed by atoms with Crippen LogP contribution in [0.3, 0.4) is 0 Å². The van der Waals surface area contributed by atoms with E-state index in [0.717, 1.165) is 10.7 Å². The van der Waals surface area contributed by atoms with Gasteiger partial charge in [0.25, 0.3) is 4.96 Å². The van der Waals surface area contributed by atoms with Gasteiger partial charge in [-0.15, -0.1) is 11.3 Å². The van der Waals surface area contributed by atoms with Crippen LogP contribution in [0.25, 0.3) is 4.96 Å². The van der Waals surface area contributed by atoms with Crippen molar-refractivity contribution in [3.63, 3.8) is 0 Å². The molecule has 0 aliphatic carbocycles. The van der Waals surface area contributed by atoms with Crippen molar-refractivity contribution in [2.24, 2.45) is 0 Å². The van der Waals surface area contributed by atoms with Crippen LogP contribution >= 0.6 is 22.7 Å². The van der Waals surface area contributed by atoms with Crippen LogP contribution in [-0.2, 0) is 6.54 Å². The van der Waals surface area contributed by atoms with Gasteiger partial charge in [-0.2, -0.15) is 9.38 Å². The Morgan fingerprint density at radius 3 is 3.00 bits per heavy atom. The molecule has 0 saturated heterocycles. The maximum atomic E-state index is 11.1. The summed E-state index contributed by atoms with van der Waals surface area (Å²) in [5, 5.41) is 18.7. The normalized spacial score (nSPS) is 11.0. The Morgan fingerprint density at radius 2 is 2.32 bits per heavy atom. The van der Waals surface area contributed by atoms with E-state index in [1.807, 2.05) is 12.3 Å². The second-order valence-electron chi connectivity index (χ2n) is 3.83. The van der Waals surface area contributed by atoms with E-state index in [4.69, 9.17) is 0 Å². The Kier molecular flexibility index (Phi) is 2.91. The summed E-state index contributed by atoms with van der Waals surface area (Å²) in [6.07, 6.45) is 1.64. The minimum Gasteiger partial charge on any atom is -0.358 e. The molecule has 0 aliphatic rings. The highest BCUT2D eigenvalue weighted by Gasteiger charge is 2.23. The molecule has 0 aromatic carbocycles. The predicted octanol–water partition coefficient (Wildman–Crippen LogP) is 2.68. The van der Waals surface area contributed by atoms with Crippen LogP contribution in [0.2, 0.25) is 0 Å². The Balaban J connectivity index is 1.89. The summed E-state index contributed by atoms with van der Waals surface area (Å²) in [5.41, 5.74) is 0.946. The molecule has 0 fully saturated rings. The van der Waals surface area contributed by atoms with Crippen molar-refractivity contribution in [2.75, 3.05) is 5.32 Å². The minimum atomic E-state index is -0.428. The molecule has 19 heavy (non-hydrogen) atoms. The molecule has 1 N–H and O–H groups in total. The largest absolute Gasteiger partial charge is 0.372 e. The summed E-state index contributed by atoms with van der Waals surface area (Å²) in [5.74, 6) is 0.245. The molecule has 3 rings (SSSR count). The first-order chi connectivity index (χ1) is 9.15. The second kappa shape index (κ2) is 4.59. The summed E-state index contributed by atoms with van der Waals surface area (Å²) in [7, 11) is 0. The van der Waals surface area contributed by atoms with E-state index >= 15 is 0 Å². The topological polar surface area (TPSA) is 85.4 Å². The SMILES string of the molecule is Cc1csc(CNc2nc3sccn3c2[N+](=O)[O-])n1. The first kappa shape index (κ1) is 12.1. The van der Waals surface area contributed by atoms with Gasteiger partial charge >= 0.3 is 5.82 Å². The van der Waals surface area contributed by atoms with E-state index in [9.17, 15) is 10.1 Å². The van der Waals surface area contributed by atoms with Gasteiger partial charge in [0, 0.05) is 16.5 Å². The maximum Gasteiger partial charge on any atom is 0.372 e. The van der Waals surface area contributed by atoms with E-state index in [2.05, 4.69) is 15.3 Å². The van der Waals surface area contributed by atoms with Gasteiger partial charge in [0.05, 0.1) is 6.54 Å². The summed E-state index contributed by atoms with van der Waals surface area (Å²) < 4.78 is 1.47. The Labute approximate surface area is 115 Å². The van der Waals surface area contributed by atoms with Crippen molar-refractivity contribution in [3.05, 3.63) is 37.8 Å². The van der Waals surface area contributed by atoms with Crippen molar-refractivity contribution in [1.82, 2.24) is 14.4 Å². The van der Waals surface area contributed by atoms with Gasteiger partial charge in [-0.25, -0.2) is 4.98 Å². The van der Waals surface area contributed by atoms with E-state index in [0.29, 0.717) is 11.5 Å². The number of hydrogen-bond donors (Lipinski definition) is 1. The number of fused-ring (bicyclic) bond motifs is 1. The van der Waals surface area contributed by atoms with Gasteiger partial charge in [-0.05, 0) is 11.8 Å². The first-order valence-electron chi connectivity index (χ1n) is 5.40. The fraction of sp³-hybridized carbons (Fsp3) is 0.200. The lowest BCUT2D eigenvalue weighted by Crippen LogP contribution is -2.03. The number of nitrogens with one attached hydrogen (secondary N) is 1. The van der Waals surface area contributed by atoms with Gasteiger partial charge in [-0.3, -0.25) is 0 Å². The zero-order valence-corrected chi connectivity index (χ0v) is 11.5. The van der Waals surface area contributed by atoms with Crippen LogP contribution in [0.5, 0.6) is 0 Å². The average Bonchev–Trinajstić information content (AvgIpc) is 3.00. The molecule has 0 unspecified atom stereocenters. The smallest absolute Gasteiger partial charge is 0.358 e. The molecular weight excluding hydrogens is 286 g/mol. The molecule has 0 radical (unpaired) electrons. The zero-order chi connectivity index (χ0) is 13.4. The number of nitrogens with zero attached hydrogens (tertiary/aromatic N) is 4. The molecule has 0 bridgehead atoms. The van der Waals surface area contributed by atoms with Crippen molar-refractivity contribution in [1.29, 1.82) is 0 Å². The molecule has 3 heterocycles. The number of nitro groups is 1. The van der Waals surface area contributed by atoms with Crippen molar-refractivity contribution in [3.8, 4) is 0 Å². The standard InChI is InChI=1S/C10H9N5O2S2/c1-6-5-19-7(12-6)4-11-8-9(15(16)17)14-2-3-18-10(14)13-8/h2-3,5,11H,4H2,1H3. The predicted molar refractivity (Wildman–Crippen MR) is 73.9 cm³/mol. The highest BCUT2D eigenvalue weighted by molar-refractivity contribution is 7.15.